The molecular weight excluding hydrogens is 214 g/mol. The van der Waals surface area contributed by atoms with Gasteiger partial charge in [0.05, 0.1) is 6.61 Å². The number of carbonyl (C=O) groups is 1. The molecule has 0 aromatic rings. The average molecular weight is 239 g/mol. The summed E-state index contributed by atoms with van der Waals surface area (Å²) in [5.41, 5.74) is -0.556. The van der Waals surface area contributed by atoms with E-state index in [0.717, 1.165) is 12.8 Å². The van der Waals surface area contributed by atoms with Crippen molar-refractivity contribution in [3.63, 3.8) is 0 Å². The molecule has 0 heterocycles. The van der Waals surface area contributed by atoms with Gasteiger partial charge in [0.15, 0.2) is 0 Å². The van der Waals surface area contributed by atoms with Crippen LogP contribution in [0.5, 0.6) is 0 Å². The van der Waals surface area contributed by atoms with E-state index in [1.165, 1.54) is 25.7 Å². The Morgan fingerprint density at radius 3 is 2.71 bits per heavy atom. The Labute approximate surface area is 105 Å². The van der Waals surface area contributed by atoms with E-state index in [4.69, 9.17) is 4.74 Å². The molecular formula is C14H25NO2. The van der Waals surface area contributed by atoms with Gasteiger partial charge < -0.3 is 4.74 Å². The van der Waals surface area contributed by atoms with E-state index in [1.54, 1.807) is 0 Å². The van der Waals surface area contributed by atoms with E-state index in [1.807, 2.05) is 19.9 Å². The Morgan fingerprint density at radius 1 is 1.53 bits per heavy atom. The third-order valence-electron chi connectivity index (χ3n) is 3.45. The van der Waals surface area contributed by atoms with Gasteiger partial charge in [0.1, 0.15) is 5.54 Å². The fourth-order valence-corrected chi connectivity index (χ4v) is 2.43. The summed E-state index contributed by atoms with van der Waals surface area (Å²) in [6.45, 7) is 7.96. The Balaban J connectivity index is 2.61. The molecule has 0 spiro atoms. The summed E-state index contributed by atoms with van der Waals surface area (Å²) >= 11 is 0. The van der Waals surface area contributed by atoms with Crippen LogP contribution in [0.2, 0.25) is 0 Å². The van der Waals surface area contributed by atoms with Crippen molar-refractivity contribution in [2.75, 3.05) is 6.61 Å². The Morgan fingerprint density at radius 2 is 2.18 bits per heavy atom. The molecule has 1 aliphatic rings. The Bertz CT molecular complexity index is 259. The topological polar surface area (TPSA) is 38.3 Å². The molecule has 98 valence electrons. The van der Waals surface area contributed by atoms with Crippen LogP contribution in [0, 0.1) is 0 Å². The number of hydrogen-bond donors (Lipinski definition) is 1. The van der Waals surface area contributed by atoms with Crippen LogP contribution in [-0.2, 0) is 9.53 Å². The number of ether oxygens (including phenoxy) is 1. The van der Waals surface area contributed by atoms with Gasteiger partial charge in [-0.25, -0.2) is 0 Å². The van der Waals surface area contributed by atoms with Crippen LogP contribution in [0.4, 0.5) is 0 Å². The van der Waals surface area contributed by atoms with Crippen LogP contribution in [-0.4, -0.2) is 24.2 Å². The first kappa shape index (κ1) is 14.2. The van der Waals surface area contributed by atoms with Gasteiger partial charge in [-0.2, -0.15) is 0 Å². The number of esters is 1. The summed E-state index contributed by atoms with van der Waals surface area (Å²) in [6, 6.07) is 0.467. The molecule has 0 saturated heterocycles. The average Bonchev–Trinajstić information content (AvgIpc) is 2.79. The van der Waals surface area contributed by atoms with Gasteiger partial charge in [0, 0.05) is 6.04 Å². The van der Waals surface area contributed by atoms with Crippen molar-refractivity contribution in [1.29, 1.82) is 0 Å². The highest BCUT2D eigenvalue weighted by Gasteiger charge is 2.36. The summed E-state index contributed by atoms with van der Waals surface area (Å²) in [5, 5.41) is 3.49. The van der Waals surface area contributed by atoms with Crippen LogP contribution in [0.1, 0.15) is 52.4 Å². The standard InChI is InChI=1S/C14H25NO2/c1-4-6-11-14(3,13(16)17-5-2)15-12-9-7-8-10-12/h4,12,15H,1,5-11H2,2-3H3. The normalized spacial score (nSPS) is 19.9. The molecule has 1 rings (SSSR count). The predicted molar refractivity (Wildman–Crippen MR) is 69.9 cm³/mol. The van der Waals surface area contributed by atoms with Gasteiger partial charge in [0.2, 0.25) is 0 Å². The zero-order valence-corrected chi connectivity index (χ0v) is 11.1. The second-order valence-electron chi connectivity index (χ2n) is 5.01. The lowest BCUT2D eigenvalue weighted by molar-refractivity contribution is -0.151. The predicted octanol–water partition coefficient (Wildman–Crippen LogP) is 2.81. The Kier molecular flexibility index (Phi) is 5.69. The molecule has 0 radical (unpaired) electrons. The zero-order valence-electron chi connectivity index (χ0n) is 11.1. The Hall–Kier alpha value is -0.830. The molecule has 1 saturated carbocycles. The minimum absolute atomic E-state index is 0.131. The zero-order chi connectivity index (χ0) is 12.7. The first-order valence-electron chi connectivity index (χ1n) is 6.68. The molecule has 1 unspecified atom stereocenters. The van der Waals surface area contributed by atoms with Crippen molar-refractivity contribution >= 4 is 5.97 Å². The van der Waals surface area contributed by atoms with Crippen LogP contribution in [0.25, 0.3) is 0 Å². The van der Waals surface area contributed by atoms with Crippen molar-refractivity contribution in [3.05, 3.63) is 12.7 Å². The fraction of sp³-hybridized carbons (Fsp3) is 0.786. The number of allylic oxidation sites excluding steroid dienone is 1. The van der Waals surface area contributed by atoms with E-state index < -0.39 is 5.54 Å². The molecule has 0 aromatic carbocycles. The summed E-state index contributed by atoms with van der Waals surface area (Å²) in [7, 11) is 0. The second-order valence-corrected chi connectivity index (χ2v) is 5.01. The quantitative estimate of drug-likeness (QED) is 0.548. The molecule has 0 bridgehead atoms. The van der Waals surface area contributed by atoms with Gasteiger partial charge in [-0.3, -0.25) is 10.1 Å². The van der Waals surface area contributed by atoms with Crippen LogP contribution >= 0.6 is 0 Å². The lowest BCUT2D eigenvalue weighted by Gasteiger charge is -2.31. The smallest absolute Gasteiger partial charge is 0.326 e. The SMILES string of the molecule is C=CCCC(C)(NC1CCCC1)C(=O)OCC. The number of carbonyl (C=O) groups excluding carboxylic acids is 1. The summed E-state index contributed by atoms with van der Waals surface area (Å²) < 4.78 is 5.18. The monoisotopic (exact) mass is 239 g/mol. The summed E-state index contributed by atoms with van der Waals surface area (Å²) in [6.07, 6.45) is 8.30. The van der Waals surface area contributed by atoms with Crippen LogP contribution in [0.15, 0.2) is 12.7 Å². The van der Waals surface area contributed by atoms with Gasteiger partial charge in [-0.15, -0.1) is 6.58 Å². The number of nitrogens with one attached hydrogen (secondary N) is 1. The van der Waals surface area contributed by atoms with E-state index in [2.05, 4.69) is 11.9 Å². The fourth-order valence-electron chi connectivity index (χ4n) is 2.43. The minimum Gasteiger partial charge on any atom is -0.465 e. The van der Waals surface area contributed by atoms with Crippen molar-refractivity contribution in [2.24, 2.45) is 0 Å². The van der Waals surface area contributed by atoms with Gasteiger partial charge >= 0.3 is 5.97 Å². The first-order chi connectivity index (χ1) is 8.12. The summed E-state index contributed by atoms with van der Waals surface area (Å²) in [4.78, 5) is 12.0. The van der Waals surface area contributed by atoms with Crippen LogP contribution in [0.3, 0.4) is 0 Å². The van der Waals surface area contributed by atoms with E-state index in [0.29, 0.717) is 12.6 Å². The second kappa shape index (κ2) is 6.80. The number of hydrogen-bond acceptors (Lipinski definition) is 3. The molecule has 0 aliphatic heterocycles. The maximum absolute atomic E-state index is 12.0. The number of rotatable bonds is 7. The van der Waals surface area contributed by atoms with Gasteiger partial charge in [0.25, 0.3) is 0 Å². The highest BCUT2D eigenvalue weighted by atomic mass is 16.5. The molecule has 0 amide bonds. The molecule has 3 heteroatoms. The third kappa shape index (κ3) is 4.15. The molecule has 17 heavy (non-hydrogen) atoms. The minimum atomic E-state index is -0.556. The third-order valence-corrected chi connectivity index (χ3v) is 3.45. The van der Waals surface area contributed by atoms with Crippen molar-refractivity contribution in [3.8, 4) is 0 Å². The molecule has 1 aliphatic carbocycles. The maximum Gasteiger partial charge on any atom is 0.326 e. The van der Waals surface area contributed by atoms with Crippen molar-refractivity contribution in [2.45, 2.75) is 64.0 Å². The molecule has 1 atom stereocenters. The highest BCUT2D eigenvalue weighted by molar-refractivity contribution is 5.80. The maximum atomic E-state index is 12.0. The van der Waals surface area contributed by atoms with Gasteiger partial charge in [-0.1, -0.05) is 18.9 Å². The van der Waals surface area contributed by atoms with Gasteiger partial charge in [-0.05, 0) is 39.5 Å². The lowest BCUT2D eigenvalue weighted by atomic mass is 9.94. The molecule has 1 N–H and O–H groups in total. The van der Waals surface area contributed by atoms with Crippen LogP contribution < -0.4 is 5.32 Å². The van der Waals surface area contributed by atoms with E-state index in [-0.39, 0.29) is 5.97 Å². The molecule has 0 aromatic heterocycles. The molecule has 1 fully saturated rings. The van der Waals surface area contributed by atoms with E-state index in [9.17, 15) is 4.79 Å². The van der Waals surface area contributed by atoms with Crippen molar-refractivity contribution in [1.82, 2.24) is 5.32 Å². The first-order valence-corrected chi connectivity index (χ1v) is 6.68. The van der Waals surface area contributed by atoms with E-state index >= 15 is 0 Å². The largest absolute Gasteiger partial charge is 0.465 e. The summed E-state index contributed by atoms with van der Waals surface area (Å²) in [5.74, 6) is -0.131. The lowest BCUT2D eigenvalue weighted by Crippen LogP contribution is -2.53. The molecule has 3 nitrogen and oxygen atoms in total. The highest BCUT2D eigenvalue weighted by Crippen LogP contribution is 2.23. The van der Waals surface area contributed by atoms with Crippen molar-refractivity contribution < 1.29 is 9.53 Å².